The zero-order valence-electron chi connectivity index (χ0n) is 15.1. The Bertz CT molecular complexity index is 868. The summed E-state index contributed by atoms with van der Waals surface area (Å²) < 4.78 is 40.9. The third kappa shape index (κ3) is 4.11. The van der Waals surface area contributed by atoms with E-state index in [1.54, 1.807) is 6.92 Å². The topological polar surface area (TPSA) is 113 Å². The molecule has 0 bridgehead atoms. The molecule has 0 radical (unpaired) electrons. The molecule has 10 heteroatoms. The van der Waals surface area contributed by atoms with Crippen molar-refractivity contribution in [3.05, 3.63) is 35.9 Å². The summed E-state index contributed by atoms with van der Waals surface area (Å²) in [5, 5.41) is 8.86. The van der Waals surface area contributed by atoms with E-state index in [2.05, 4.69) is 0 Å². The van der Waals surface area contributed by atoms with Crippen molar-refractivity contribution in [3.8, 4) is 0 Å². The van der Waals surface area contributed by atoms with E-state index in [-0.39, 0.29) is 13.0 Å². The molecule has 1 fully saturated rings. The minimum atomic E-state index is -3.91. The molecule has 2 amide bonds. The highest BCUT2D eigenvalue weighted by atomic mass is 32.2. The number of ether oxygens (including phenoxy) is 1. The number of benzene rings is 1. The van der Waals surface area contributed by atoms with Crippen LogP contribution in [-0.2, 0) is 19.4 Å². The van der Waals surface area contributed by atoms with Crippen LogP contribution in [0.3, 0.4) is 0 Å². The molecule has 0 aliphatic carbocycles. The lowest BCUT2D eigenvalue weighted by Crippen LogP contribution is -2.51. The molecule has 1 heterocycles. The van der Waals surface area contributed by atoms with Crippen LogP contribution in [0.2, 0.25) is 0 Å². The van der Waals surface area contributed by atoms with E-state index in [1.165, 1.54) is 40.7 Å². The number of nitrogens with zero attached hydrogens (tertiary/aromatic N) is 1. The van der Waals surface area contributed by atoms with Crippen molar-refractivity contribution in [1.29, 1.82) is 0 Å². The molecule has 27 heavy (non-hydrogen) atoms. The predicted octanol–water partition coefficient (Wildman–Crippen LogP) is 2.04. The number of hydroxylamine groups is 1. The summed E-state index contributed by atoms with van der Waals surface area (Å²) in [5.41, 5.74) is 2.15. The molecular weight excluding hydrogens is 379 g/mol. The first kappa shape index (κ1) is 20.8. The molecule has 1 aromatic rings. The molecule has 0 unspecified atom stereocenters. The number of amides is 2. The maximum atomic E-state index is 13.6. The molecule has 2 N–H and O–H groups in total. The van der Waals surface area contributed by atoms with Crippen LogP contribution in [0.15, 0.2) is 30.3 Å². The van der Waals surface area contributed by atoms with Crippen LogP contribution in [0.1, 0.15) is 25.8 Å². The van der Waals surface area contributed by atoms with Gasteiger partial charge in [0.1, 0.15) is 11.9 Å². The number of hydrogen-bond acceptors (Lipinski definition) is 6. The number of rotatable bonds is 6. The van der Waals surface area contributed by atoms with Crippen LogP contribution in [-0.4, -0.2) is 49.3 Å². The van der Waals surface area contributed by atoms with Gasteiger partial charge in [-0.05, 0) is 38.1 Å². The van der Waals surface area contributed by atoms with Gasteiger partial charge in [0.25, 0.3) is 5.91 Å². The average Bonchev–Trinajstić information content (AvgIpc) is 2.99. The molecule has 0 aromatic heterocycles. The van der Waals surface area contributed by atoms with Crippen LogP contribution in [0.25, 0.3) is 5.83 Å². The number of carbonyl (C=O) groups excluding carboxylic acids is 2. The van der Waals surface area contributed by atoms with Crippen molar-refractivity contribution in [2.24, 2.45) is 0 Å². The van der Waals surface area contributed by atoms with E-state index in [1.807, 2.05) is 0 Å². The van der Waals surface area contributed by atoms with Crippen molar-refractivity contribution in [1.82, 2.24) is 5.48 Å². The Morgan fingerprint density at radius 3 is 2.52 bits per heavy atom. The normalized spacial score (nSPS) is 20.2. The van der Waals surface area contributed by atoms with Crippen LogP contribution >= 0.6 is 0 Å². The Balaban J connectivity index is 2.21. The predicted molar refractivity (Wildman–Crippen MR) is 96.6 cm³/mol. The SMILES string of the molecule is CC=C(F)c1ccc(N2C[C@H](C[C@](C)(C(=O)NO)S(C)(=O)=O)OC2=O)cc1. The monoisotopic (exact) mass is 400 g/mol. The standard InChI is InChI=1S/C17H21FN2O6S/c1-4-14(18)11-5-7-12(8-6-11)20-10-13(26-16(20)22)9-17(2,15(21)19-23)27(3,24)25/h4-8,13,23H,9-10H2,1-3H3,(H,19,21)/t13-,17+/m0/s1. The molecule has 2 rings (SSSR count). The molecule has 1 aliphatic rings. The van der Waals surface area contributed by atoms with Gasteiger partial charge >= 0.3 is 6.09 Å². The number of carbonyl (C=O) groups is 2. The number of cyclic esters (lactones) is 1. The Kier molecular flexibility index (Phi) is 5.91. The van der Waals surface area contributed by atoms with Crippen LogP contribution in [0.4, 0.5) is 14.9 Å². The maximum Gasteiger partial charge on any atom is 0.414 e. The maximum absolute atomic E-state index is 13.6. The highest BCUT2D eigenvalue weighted by Gasteiger charge is 2.48. The zero-order chi connectivity index (χ0) is 20.4. The van der Waals surface area contributed by atoms with Crippen molar-refractivity contribution in [3.63, 3.8) is 0 Å². The van der Waals surface area contributed by atoms with Gasteiger partial charge in [-0.25, -0.2) is 23.1 Å². The zero-order valence-corrected chi connectivity index (χ0v) is 15.9. The van der Waals surface area contributed by atoms with Crippen molar-refractivity contribution >= 4 is 33.4 Å². The van der Waals surface area contributed by atoms with Gasteiger partial charge in [-0.3, -0.25) is 14.9 Å². The number of hydrogen-bond donors (Lipinski definition) is 2. The largest absolute Gasteiger partial charge is 0.444 e. The quantitative estimate of drug-likeness (QED) is 0.558. The summed E-state index contributed by atoms with van der Waals surface area (Å²) in [5.74, 6) is -1.51. The van der Waals surface area contributed by atoms with Gasteiger partial charge < -0.3 is 4.74 Å². The summed E-state index contributed by atoms with van der Waals surface area (Å²) in [7, 11) is -3.91. The second kappa shape index (κ2) is 7.65. The Labute approximate surface area is 156 Å². The number of anilines is 1. The van der Waals surface area contributed by atoms with Gasteiger partial charge in [-0.1, -0.05) is 6.08 Å². The minimum absolute atomic E-state index is 0.00803. The molecule has 2 atom stereocenters. The first-order valence-electron chi connectivity index (χ1n) is 8.08. The molecule has 148 valence electrons. The highest BCUT2D eigenvalue weighted by molar-refractivity contribution is 7.92. The number of allylic oxidation sites excluding steroid dienone is 1. The van der Waals surface area contributed by atoms with Crippen LogP contribution in [0.5, 0.6) is 0 Å². The van der Waals surface area contributed by atoms with E-state index in [0.717, 1.165) is 13.2 Å². The minimum Gasteiger partial charge on any atom is -0.444 e. The molecule has 1 aromatic carbocycles. The van der Waals surface area contributed by atoms with E-state index in [0.29, 0.717) is 11.3 Å². The van der Waals surface area contributed by atoms with Crippen molar-refractivity contribution < 1.29 is 32.3 Å². The average molecular weight is 400 g/mol. The van der Waals surface area contributed by atoms with Gasteiger partial charge in [0.05, 0.1) is 6.54 Å². The lowest BCUT2D eigenvalue weighted by molar-refractivity contribution is -0.132. The lowest BCUT2D eigenvalue weighted by atomic mass is 10.0. The summed E-state index contributed by atoms with van der Waals surface area (Å²) in [6.45, 7) is 2.72. The van der Waals surface area contributed by atoms with E-state index >= 15 is 0 Å². The molecule has 8 nitrogen and oxygen atoms in total. The summed E-state index contributed by atoms with van der Waals surface area (Å²) in [6, 6.07) is 6.09. The fourth-order valence-electron chi connectivity index (χ4n) is 2.77. The summed E-state index contributed by atoms with van der Waals surface area (Å²) in [6.07, 6.45) is 0.255. The summed E-state index contributed by atoms with van der Waals surface area (Å²) >= 11 is 0. The lowest BCUT2D eigenvalue weighted by Gasteiger charge is -2.26. The van der Waals surface area contributed by atoms with Gasteiger partial charge in [-0.15, -0.1) is 0 Å². The second-order valence-electron chi connectivity index (χ2n) is 6.45. The Morgan fingerprint density at radius 2 is 2.04 bits per heavy atom. The van der Waals surface area contributed by atoms with Gasteiger partial charge in [0.2, 0.25) is 0 Å². The van der Waals surface area contributed by atoms with E-state index in [4.69, 9.17) is 9.94 Å². The van der Waals surface area contributed by atoms with Crippen molar-refractivity contribution in [2.45, 2.75) is 31.1 Å². The third-order valence-electron chi connectivity index (χ3n) is 4.60. The molecular formula is C17H21FN2O6S. The Morgan fingerprint density at radius 1 is 1.44 bits per heavy atom. The number of halogens is 1. The fourth-order valence-corrected chi connectivity index (χ4v) is 3.64. The van der Waals surface area contributed by atoms with E-state index < -0.39 is 38.5 Å². The second-order valence-corrected chi connectivity index (χ2v) is 8.89. The number of nitrogens with one attached hydrogen (secondary N) is 1. The van der Waals surface area contributed by atoms with Gasteiger partial charge in [0, 0.05) is 23.9 Å². The third-order valence-corrected chi connectivity index (χ3v) is 6.59. The van der Waals surface area contributed by atoms with Gasteiger partial charge in [-0.2, -0.15) is 0 Å². The summed E-state index contributed by atoms with van der Waals surface area (Å²) in [4.78, 5) is 25.3. The molecule has 1 saturated heterocycles. The van der Waals surface area contributed by atoms with Crippen LogP contribution in [0, 0.1) is 0 Å². The fraction of sp³-hybridized carbons (Fsp3) is 0.412. The highest BCUT2D eigenvalue weighted by Crippen LogP contribution is 2.30. The number of sulfone groups is 1. The van der Waals surface area contributed by atoms with Crippen LogP contribution < -0.4 is 10.4 Å². The molecule has 0 spiro atoms. The van der Waals surface area contributed by atoms with E-state index in [9.17, 15) is 22.4 Å². The van der Waals surface area contributed by atoms with Crippen molar-refractivity contribution in [2.75, 3.05) is 17.7 Å². The molecule has 1 aliphatic heterocycles. The Hall–Kier alpha value is -2.46. The molecule has 0 saturated carbocycles. The first-order chi connectivity index (χ1) is 12.5. The first-order valence-corrected chi connectivity index (χ1v) is 9.97. The van der Waals surface area contributed by atoms with Gasteiger partial charge in [0.15, 0.2) is 14.6 Å². The smallest absolute Gasteiger partial charge is 0.414 e.